The van der Waals surface area contributed by atoms with Gasteiger partial charge in [-0.15, -0.1) is 0 Å². The van der Waals surface area contributed by atoms with Crippen molar-refractivity contribution in [3.8, 4) is 6.07 Å². The maximum atomic E-state index is 8.50. The van der Waals surface area contributed by atoms with Gasteiger partial charge in [-0.3, -0.25) is 0 Å². The quantitative estimate of drug-likeness (QED) is 0.683. The first kappa shape index (κ1) is 11.8. The van der Waals surface area contributed by atoms with Gasteiger partial charge in [0.2, 0.25) is 0 Å². The number of hydrogen-bond acceptors (Lipinski definition) is 1. The summed E-state index contributed by atoms with van der Waals surface area (Å²) in [6.07, 6.45) is 0. The second-order valence-electron chi connectivity index (χ2n) is 2.80. The number of hydrogen-bond donors (Lipinski definition) is 0. The minimum Gasteiger partial charge on any atom is -0.208 e. The van der Waals surface area contributed by atoms with Crippen molar-refractivity contribution >= 4 is 0 Å². The van der Waals surface area contributed by atoms with Crippen LogP contribution < -0.4 is 0 Å². The molecule has 0 saturated heterocycles. The Labute approximate surface area is 98.7 Å². The molecule has 0 spiro atoms. The largest absolute Gasteiger partial charge is 0.208 e. The van der Waals surface area contributed by atoms with Crippen LogP contribution in [0.2, 0.25) is 0 Å². The summed E-state index contributed by atoms with van der Waals surface area (Å²) in [5, 5.41) is 8.50. The zero-order valence-corrected chi connectivity index (χ0v) is 10.2. The summed E-state index contributed by atoms with van der Waals surface area (Å²) in [7, 11) is 0. The summed E-state index contributed by atoms with van der Waals surface area (Å²) < 4.78 is 0. The molecule has 0 saturated carbocycles. The zero-order chi connectivity index (χ0) is 8.27. The van der Waals surface area contributed by atoms with Gasteiger partial charge in [0.05, 0.1) is 0 Å². The predicted molar refractivity (Wildman–Crippen MR) is 44.1 cm³/mol. The summed E-state index contributed by atoms with van der Waals surface area (Å²) >= 11 is 0. The molecule has 59 valence electrons. The first-order valence-electron chi connectivity index (χ1n) is 3.66. The summed E-state index contributed by atoms with van der Waals surface area (Å²) in [4.78, 5) is 0. The van der Waals surface area contributed by atoms with E-state index in [1.165, 1.54) is 0 Å². The van der Waals surface area contributed by atoms with Crippen LogP contribution in [0.1, 0.15) is 30.9 Å². The standard InChI is InChI=1S/C10H10N.Y/c1-8(2)10-5-3-9(7-11)4-6-10;/h3-5,8H,1-2H3;/q-1;. The van der Waals surface area contributed by atoms with E-state index in [0.717, 1.165) is 5.56 Å². The van der Waals surface area contributed by atoms with Crippen molar-refractivity contribution in [1.29, 1.82) is 5.26 Å². The second kappa shape index (κ2) is 5.46. The molecule has 1 aromatic rings. The molecular weight excluding hydrogens is 223 g/mol. The molecule has 0 amide bonds. The van der Waals surface area contributed by atoms with E-state index in [4.69, 9.17) is 5.26 Å². The molecule has 0 unspecified atom stereocenters. The van der Waals surface area contributed by atoms with E-state index in [0.29, 0.717) is 11.5 Å². The van der Waals surface area contributed by atoms with E-state index in [2.05, 4.69) is 26.0 Å². The van der Waals surface area contributed by atoms with E-state index in [-0.39, 0.29) is 32.7 Å². The zero-order valence-electron chi connectivity index (χ0n) is 7.33. The van der Waals surface area contributed by atoms with Gasteiger partial charge in [-0.05, 0) is 5.92 Å². The molecule has 0 bridgehead atoms. The molecule has 0 atom stereocenters. The fourth-order valence-electron chi connectivity index (χ4n) is 0.866. The molecular formula is C10H10NY-. The maximum Gasteiger partial charge on any atom is 0.0307 e. The smallest absolute Gasteiger partial charge is 0.0307 e. The van der Waals surface area contributed by atoms with Crippen LogP contribution in [0.25, 0.3) is 0 Å². The van der Waals surface area contributed by atoms with Crippen molar-refractivity contribution in [2.24, 2.45) is 0 Å². The van der Waals surface area contributed by atoms with Gasteiger partial charge < -0.3 is 0 Å². The molecule has 0 aliphatic carbocycles. The molecule has 0 aromatic heterocycles. The maximum absolute atomic E-state index is 8.50. The van der Waals surface area contributed by atoms with Gasteiger partial charge >= 0.3 is 0 Å². The molecule has 2 heteroatoms. The minimum atomic E-state index is 0. The van der Waals surface area contributed by atoms with Crippen molar-refractivity contribution in [3.05, 3.63) is 35.4 Å². The Hall–Kier alpha value is -0.186. The normalized spacial score (nSPS) is 8.83. The third kappa shape index (κ3) is 3.05. The molecule has 0 aliphatic rings. The average Bonchev–Trinajstić information content (AvgIpc) is 2.05. The Balaban J connectivity index is 0.00000121. The average molecular weight is 233 g/mol. The first-order chi connectivity index (χ1) is 5.24. The van der Waals surface area contributed by atoms with E-state index in [9.17, 15) is 0 Å². The minimum absolute atomic E-state index is 0. The third-order valence-electron chi connectivity index (χ3n) is 1.59. The molecule has 0 N–H and O–H groups in total. The van der Waals surface area contributed by atoms with Crippen molar-refractivity contribution in [3.63, 3.8) is 0 Å². The Morgan fingerprint density at radius 3 is 2.42 bits per heavy atom. The number of benzene rings is 1. The molecule has 12 heavy (non-hydrogen) atoms. The topological polar surface area (TPSA) is 23.8 Å². The number of nitriles is 1. The van der Waals surface area contributed by atoms with Gasteiger partial charge in [-0.1, -0.05) is 19.4 Å². The molecule has 1 aromatic carbocycles. The van der Waals surface area contributed by atoms with Crippen LogP contribution in [0.3, 0.4) is 0 Å². The predicted octanol–water partition coefficient (Wildman–Crippen LogP) is 2.48. The Kier molecular flexibility index (Phi) is 5.37. The van der Waals surface area contributed by atoms with E-state index < -0.39 is 0 Å². The van der Waals surface area contributed by atoms with Crippen LogP contribution in [0, 0.1) is 17.4 Å². The molecule has 0 fully saturated rings. The summed E-state index contributed by atoms with van der Waals surface area (Å²) in [5.41, 5.74) is 1.83. The monoisotopic (exact) mass is 233 g/mol. The van der Waals surface area contributed by atoms with Gasteiger partial charge in [0, 0.05) is 38.8 Å². The van der Waals surface area contributed by atoms with Gasteiger partial charge in [-0.25, -0.2) is 5.26 Å². The molecule has 0 heterocycles. The SMILES string of the molecule is CC(C)c1[c-]cc(C#N)cc1.[Y]. The molecule has 1 radical (unpaired) electrons. The van der Waals surface area contributed by atoms with Crippen LogP contribution in [0.4, 0.5) is 0 Å². The van der Waals surface area contributed by atoms with Crippen molar-refractivity contribution in [2.45, 2.75) is 19.8 Å². The Morgan fingerprint density at radius 2 is 2.08 bits per heavy atom. The second-order valence-corrected chi connectivity index (χ2v) is 2.80. The fourth-order valence-corrected chi connectivity index (χ4v) is 0.866. The number of nitrogens with zero attached hydrogens (tertiary/aromatic N) is 1. The van der Waals surface area contributed by atoms with E-state index >= 15 is 0 Å². The molecule has 0 aliphatic heterocycles. The van der Waals surface area contributed by atoms with Crippen LogP contribution >= 0.6 is 0 Å². The van der Waals surface area contributed by atoms with Crippen molar-refractivity contribution in [2.75, 3.05) is 0 Å². The van der Waals surface area contributed by atoms with Crippen LogP contribution in [0.5, 0.6) is 0 Å². The molecule has 1 rings (SSSR count). The Bertz CT molecular complexity index is 269. The van der Waals surface area contributed by atoms with Gasteiger partial charge in [-0.2, -0.15) is 29.8 Å². The van der Waals surface area contributed by atoms with E-state index in [1.54, 1.807) is 6.07 Å². The fraction of sp³-hybridized carbons (Fsp3) is 0.300. The molecule has 1 nitrogen and oxygen atoms in total. The summed E-state index contributed by atoms with van der Waals surface area (Å²) in [6.45, 7) is 4.22. The van der Waals surface area contributed by atoms with Gasteiger partial charge in [0.25, 0.3) is 0 Å². The first-order valence-corrected chi connectivity index (χ1v) is 3.66. The van der Waals surface area contributed by atoms with Gasteiger partial charge in [0.1, 0.15) is 0 Å². The van der Waals surface area contributed by atoms with Crippen molar-refractivity contribution in [1.82, 2.24) is 0 Å². The van der Waals surface area contributed by atoms with Crippen LogP contribution in [0.15, 0.2) is 18.2 Å². The summed E-state index contributed by atoms with van der Waals surface area (Å²) in [5.74, 6) is 0.489. The van der Waals surface area contributed by atoms with Crippen LogP contribution in [-0.2, 0) is 32.7 Å². The third-order valence-corrected chi connectivity index (χ3v) is 1.59. The van der Waals surface area contributed by atoms with Gasteiger partial charge in [0.15, 0.2) is 0 Å². The number of rotatable bonds is 1. The van der Waals surface area contributed by atoms with Crippen molar-refractivity contribution < 1.29 is 32.7 Å². The summed E-state index contributed by atoms with van der Waals surface area (Å²) in [6, 6.07) is 10.6. The van der Waals surface area contributed by atoms with E-state index in [1.807, 2.05) is 12.1 Å². The van der Waals surface area contributed by atoms with Crippen LogP contribution in [-0.4, -0.2) is 0 Å². The Morgan fingerprint density at radius 1 is 1.42 bits per heavy atom.